The van der Waals surface area contributed by atoms with Gasteiger partial charge in [0.25, 0.3) is 0 Å². The number of hydrogen-bond donors (Lipinski definition) is 0. The third kappa shape index (κ3) is 6.81. The van der Waals surface area contributed by atoms with Crippen LogP contribution >= 0.6 is 0 Å². The van der Waals surface area contributed by atoms with Crippen molar-refractivity contribution in [3.8, 4) is 0 Å². The van der Waals surface area contributed by atoms with Gasteiger partial charge in [-0.3, -0.25) is 0 Å². The summed E-state index contributed by atoms with van der Waals surface area (Å²) in [4.78, 5) is 2.37. The van der Waals surface area contributed by atoms with Gasteiger partial charge in [-0.1, -0.05) is 39.3 Å². The molecule has 24 heavy (non-hydrogen) atoms. The van der Waals surface area contributed by atoms with Crippen molar-refractivity contribution < 1.29 is 17.9 Å². The van der Waals surface area contributed by atoms with E-state index in [9.17, 15) is 13.2 Å². The zero-order valence-electron chi connectivity index (χ0n) is 15.2. The molecule has 0 aliphatic heterocycles. The number of ether oxygens (including phenoxy) is 1. The first kappa shape index (κ1) is 21.0. The van der Waals surface area contributed by atoms with Crippen LogP contribution in [0.5, 0.6) is 0 Å². The van der Waals surface area contributed by atoms with E-state index in [4.69, 9.17) is 4.74 Å². The van der Waals surface area contributed by atoms with Crippen LogP contribution < -0.4 is 0 Å². The molecule has 2 nitrogen and oxygen atoms in total. The second-order valence-electron chi connectivity index (χ2n) is 6.90. The molecule has 0 fully saturated rings. The van der Waals surface area contributed by atoms with Crippen LogP contribution in [0.25, 0.3) is 0 Å². The lowest BCUT2D eigenvalue weighted by molar-refractivity contribution is -0.137. The molecule has 0 aliphatic rings. The number of rotatable bonds is 10. The van der Waals surface area contributed by atoms with E-state index in [0.717, 1.165) is 44.5 Å². The standard InChI is InChI=1S/C19H30F3NO/c1-5-6-12-23(14-15-24-4)13-11-18(2,3)16-7-9-17(10-8-16)19(20,21)22/h7-10H,5-6,11-15H2,1-4H3. The summed E-state index contributed by atoms with van der Waals surface area (Å²) >= 11 is 0. The lowest BCUT2D eigenvalue weighted by atomic mass is 9.81. The summed E-state index contributed by atoms with van der Waals surface area (Å²) in [6, 6.07) is 5.57. The third-order valence-electron chi connectivity index (χ3n) is 4.49. The van der Waals surface area contributed by atoms with Crippen LogP contribution in [-0.4, -0.2) is 38.3 Å². The molecule has 0 bridgehead atoms. The minimum atomic E-state index is -4.28. The highest BCUT2D eigenvalue weighted by Gasteiger charge is 2.31. The molecule has 0 spiro atoms. The molecule has 0 heterocycles. The molecule has 0 saturated carbocycles. The van der Waals surface area contributed by atoms with Crippen molar-refractivity contribution in [1.82, 2.24) is 4.90 Å². The Morgan fingerprint density at radius 2 is 1.54 bits per heavy atom. The van der Waals surface area contributed by atoms with E-state index < -0.39 is 11.7 Å². The van der Waals surface area contributed by atoms with Gasteiger partial charge in [0.1, 0.15) is 0 Å². The fourth-order valence-electron chi connectivity index (χ4n) is 2.63. The maximum atomic E-state index is 12.7. The molecule has 0 atom stereocenters. The van der Waals surface area contributed by atoms with Gasteiger partial charge in [-0.15, -0.1) is 0 Å². The molecule has 0 radical (unpaired) electrons. The molecule has 0 aliphatic carbocycles. The van der Waals surface area contributed by atoms with Crippen molar-refractivity contribution in [3.05, 3.63) is 35.4 Å². The molecule has 0 amide bonds. The van der Waals surface area contributed by atoms with Crippen molar-refractivity contribution in [3.63, 3.8) is 0 Å². The molecular weight excluding hydrogens is 315 g/mol. The number of nitrogens with zero attached hydrogens (tertiary/aromatic N) is 1. The Hall–Kier alpha value is -1.07. The average molecular weight is 345 g/mol. The lowest BCUT2D eigenvalue weighted by Crippen LogP contribution is -2.33. The molecule has 1 aromatic rings. The minimum Gasteiger partial charge on any atom is -0.383 e. The van der Waals surface area contributed by atoms with Crippen LogP contribution in [0.3, 0.4) is 0 Å². The smallest absolute Gasteiger partial charge is 0.383 e. The van der Waals surface area contributed by atoms with E-state index in [1.165, 1.54) is 12.1 Å². The summed E-state index contributed by atoms with van der Waals surface area (Å²) in [5.74, 6) is 0. The summed E-state index contributed by atoms with van der Waals surface area (Å²) < 4.78 is 43.2. The van der Waals surface area contributed by atoms with Gasteiger partial charge >= 0.3 is 6.18 Å². The van der Waals surface area contributed by atoms with Gasteiger partial charge in [0.15, 0.2) is 0 Å². The fraction of sp³-hybridized carbons (Fsp3) is 0.684. The minimum absolute atomic E-state index is 0.165. The van der Waals surface area contributed by atoms with Crippen LogP contribution in [0.15, 0.2) is 24.3 Å². The van der Waals surface area contributed by atoms with Gasteiger partial charge < -0.3 is 9.64 Å². The summed E-state index contributed by atoms with van der Waals surface area (Å²) in [5.41, 5.74) is 0.186. The number of alkyl halides is 3. The second kappa shape index (κ2) is 9.42. The van der Waals surface area contributed by atoms with Crippen molar-refractivity contribution >= 4 is 0 Å². The maximum absolute atomic E-state index is 12.7. The molecule has 0 aromatic heterocycles. The maximum Gasteiger partial charge on any atom is 0.416 e. The van der Waals surface area contributed by atoms with Gasteiger partial charge in [0.2, 0.25) is 0 Å². The summed E-state index contributed by atoms with van der Waals surface area (Å²) in [5, 5.41) is 0. The van der Waals surface area contributed by atoms with E-state index in [1.807, 2.05) is 0 Å². The number of halogens is 3. The Bertz CT molecular complexity index is 460. The number of methoxy groups -OCH3 is 1. The van der Waals surface area contributed by atoms with Crippen LogP contribution in [-0.2, 0) is 16.3 Å². The summed E-state index contributed by atoms with van der Waals surface area (Å²) in [6.07, 6.45) is -1.10. The monoisotopic (exact) mass is 345 g/mol. The Morgan fingerprint density at radius 3 is 2.04 bits per heavy atom. The fourth-order valence-corrected chi connectivity index (χ4v) is 2.63. The van der Waals surface area contributed by atoms with Crippen LogP contribution in [0.1, 0.15) is 51.2 Å². The summed E-state index contributed by atoms with van der Waals surface area (Å²) in [7, 11) is 1.70. The van der Waals surface area contributed by atoms with E-state index >= 15 is 0 Å². The normalized spacial score (nSPS) is 12.8. The Morgan fingerprint density at radius 1 is 0.958 bits per heavy atom. The average Bonchev–Trinajstić information content (AvgIpc) is 2.53. The van der Waals surface area contributed by atoms with Crippen molar-refractivity contribution in [2.75, 3.05) is 33.4 Å². The predicted molar refractivity (Wildman–Crippen MR) is 92.3 cm³/mol. The number of hydrogen-bond acceptors (Lipinski definition) is 2. The molecular formula is C19H30F3NO. The largest absolute Gasteiger partial charge is 0.416 e. The topological polar surface area (TPSA) is 12.5 Å². The Kier molecular flexibility index (Phi) is 8.23. The predicted octanol–water partition coefficient (Wildman–Crippen LogP) is 5.12. The van der Waals surface area contributed by atoms with Crippen LogP contribution in [0.2, 0.25) is 0 Å². The molecule has 0 N–H and O–H groups in total. The van der Waals surface area contributed by atoms with E-state index in [0.29, 0.717) is 6.61 Å². The van der Waals surface area contributed by atoms with E-state index in [1.54, 1.807) is 19.2 Å². The SMILES string of the molecule is CCCCN(CCOC)CCC(C)(C)c1ccc(C(F)(F)F)cc1. The molecule has 0 unspecified atom stereocenters. The molecule has 5 heteroatoms. The van der Waals surface area contributed by atoms with Gasteiger partial charge in [-0.2, -0.15) is 13.2 Å². The summed E-state index contributed by atoms with van der Waals surface area (Å²) in [6.45, 7) is 9.87. The van der Waals surface area contributed by atoms with Gasteiger partial charge in [0.05, 0.1) is 12.2 Å². The number of benzene rings is 1. The first-order valence-electron chi connectivity index (χ1n) is 8.59. The van der Waals surface area contributed by atoms with Gasteiger partial charge in [0, 0.05) is 13.7 Å². The van der Waals surface area contributed by atoms with Crippen molar-refractivity contribution in [2.24, 2.45) is 0 Å². The molecule has 0 saturated heterocycles. The molecule has 138 valence electrons. The molecule has 1 aromatic carbocycles. The quantitative estimate of drug-likeness (QED) is 0.583. The Balaban J connectivity index is 2.69. The zero-order chi connectivity index (χ0) is 18.2. The van der Waals surface area contributed by atoms with Crippen LogP contribution in [0.4, 0.5) is 13.2 Å². The van der Waals surface area contributed by atoms with E-state index in [2.05, 4.69) is 25.7 Å². The second-order valence-corrected chi connectivity index (χ2v) is 6.90. The zero-order valence-corrected chi connectivity index (χ0v) is 15.2. The lowest BCUT2D eigenvalue weighted by Gasteiger charge is -2.30. The van der Waals surface area contributed by atoms with Crippen molar-refractivity contribution in [1.29, 1.82) is 0 Å². The van der Waals surface area contributed by atoms with Crippen molar-refractivity contribution in [2.45, 2.75) is 51.6 Å². The van der Waals surface area contributed by atoms with Crippen LogP contribution in [0, 0.1) is 0 Å². The first-order valence-corrected chi connectivity index (χ1v) is 8.59. The van der Waals surface area contributed by atoms with Gasteiger partial charge in [-0.25, -0.2) is 0 Å². The number of unbranched alkanes of at least 4 members (excludes halogenated alkanes) is 1. The highest BCUT2D eigenvalue weighted by molar-refractivity contribution is 5.29. The molecule has 1 rings (SSSR count). The third-order valence-corrected chi connectivity index (χ3v) is 4.49. The first-order chi connectivity index (χ1) is 11.2. The highest BCUT2D eigenvalue weighted by Crippen LogP contribution is 2.32. The van der Waals surface area contributed by atoms with Gasteiger partial charge in [-0.05, 0) is 49.0 Å². The van der Waals surface area contributed by atoms with E-state index in [-0.39, 0.29) is 5.41 Å². The Labute approximate surface area is 144 Å². The highest BCUT2D eigenvalue weighted by atomic mass is 19.4.